The van der Waals surface area contributed by atoms with E-state index in [1.54, 1.807) is 4.90 Å². The molecule has 20 heavy (non-hydrogen) atoms. The first-order valence-corrected chi connectivity index (χ1v) is 6.39. The highest BCUT2D eigenvalue weighted by Gasteiger charge is 2.06. The van der Waals surface area contributed by atoms with Crippen LogP contribution in [0.2, 0.25) is 0 Å². The molecule has 1 heterocycles. The van der Waals surface area contributed by atoms with Crippen LogP contribution in [-0.4, -0.2) is 74.3 Å². The molecule has 0 aliphatic heterocycles. The molecule has 0 fully saturated rings. The largest absolute Gasteiger partial charge is 0.378 e. The Bertz CT molecular complexity index is 398. The van der Waals surface area contributed by atoms with Crippen LogP contribution < -0.4 is 21.5 Å². The van der Waals surface area contributed by atoms with Crippen molar-refractivity contribution in [1.29, 1.82) is 0 Å². The fraction of sp³-hybridized carbons (Fsp3) is 0.727. The average molecular weight is 284 g/mol. The van der Waals surface area contributed by atoms with Crippen molar-refractivity contribution in [3.63, 3.8) is 0 Å². The Hall–Kier alpha value is -1.71. The molecule has 0 unspecified atom stereocenters. The molecule has 0 saturated carbocycles. The molecule has 0 spiro atoms. The van der Waals surface area contributed by atoms with Gasteiger partial charge < -0.3 is 19.9 Å². The van der Waals surface area contributed by atoms with E-state index in [4.69, 9.17) is 10.6 Å². The van der Waals surface area contributed by atoms with Gasteiger partial charge in [-0.05, 0) is 14.1 Å². The van der Waals surface area contributed by atoms with Crippen molar-refractivity contribution in [3.8, 4) is 0 Å². The Labute approximate surface area is 119 Å². The number of hydrazine groups is 1. The summed E-state index contributed by atoms with van der Waals surface area (Å²) in [7, 11) is 7.72. The molecule has 0 aromatic carbocycles. The second-order valence-electron chi connectivity index (χ2n) is 4.66. The molecule has 0 amide bonds. The number of anilines is 3. The van der Waals surface area contributed by atoms with Gasteiger partial charge in [-0.25, -0.2) is 5.84 Å². The molecule has 0 atom stereocenters. The molecule has 114 valence electrons. The highest BCUT2D eigenvalue weighted by Crippen LogP contribution is 2.10. The molecule has 9 heteroatoms. The van der Waals surface area contributed by atoms with Gasteiger partial charge in [0.2, 0.25) is 17.8 Å². The number of nitrogens with one attached hydrogen (secondary N) is 2. The van der Waals surface area contributed by atoms with Crippen molar-refractivity contribution in [2.45, 2.75) is 0 Å². The van der Waals surface area contributed by atoms with Crippen molar-refractivity contribution < 1.29 is 4.74 Å². The number of nitrogens with two attached hydrogens (primary N) is 1. The third kappa shape index (κ3) is 5.95. The van der Waals surface area contributed by atoms with Crippen LogP contribution in [0, 0.1) is 0 Å². The number of hydrogen-bond acceptors (Lipinski definition) is 9. The third-order valence-corrected chi connectivity index (χ3v) is 2.37. The summed E-state index contributed by atoms with van der Waals surface area (Å²) in [6, 6.07) is 0. The lowest BCUT2D eigenvalue weighted by Crippen LogP contribution is -2.21. The van der Waals surface area contributed by atoms with Crippen molar-refractivity contribution >= 4 is 17.8 Å². The van der Waals surface area contributed by atoms with Crippen LogP contribution in [0.5, 0.6) is 0 Å². The van der Waals surface area contributed by atoms with Crippen LogP contribution in [0.15, 0.2) is 0 Å². The van der Waals surface area contributed by atoms with E-state index in [9.17, 15) is 0 Å². The van der Waals surface area contributed by atoms with Gasteiger partial charge in [0.05, 0.1) is 13.2 Å². The minimum Gasteiger partial charge on any atom is -0.378 e. The molecule has 9 nitrogen and oxygen atoms in total. The van der Waals surface area contributed by atoms with E-state index in [-0.39, 0.29) is 0 Å². The summed E-state index contributed by atoms with van der Waals surface area (Å²) in [5.41, 5.74) is 2.42. The summed E-state index contributed by atoms with van der Waals surface area (Å²) in [6.07, 6.45) is 0. The van der Waals surface area contributed by atoms with E-state index in [0.717, 1.165) is 6.54 Å². The first kappa shape index (κ1) is 16.3. The lowest BCUT2D eigenvalue weighted by Gasteiger charge is -2.13. The quantitative estimate of drug-likeness (QED) is 0.306. The van der Waals surface area contributed by atoms with E-state index in [2.05, 4.69) is 30.6 Å². The van der Waals surface area contributed by atoms with Crippen LogP contribution >= 0.6 is 0 Å². The van der Waals surface area contributed by atoms with Gasteiger partial charge in [0.15, 0.2) is 0 Å². The molecule has 1 aromatic heterocycles. The Balaban J connectivity index is 2.41. The number of hydrogen-bond donors (Lipinski definition) is 3. The Morgan fingerprint density at radius 2 is 1.75 bits per heavy atom. The van der Waals surface area contributed by atoms with E-state index in [1.165, 1.54) is 0 Å². The number of rotatable bonds is 9. The zero-order valence-electron chi connectivity index (χ0n) is 12.6. The lowest BCUT2D eigenvalue weighted by atomic mass is 10.6. The zero-order valence-corrected chi connectivity index (χ0v) is 12.6. The minimum absolute atomic E-state index is 0.319. The predicted molar refractivity (Wildman–Crippen MR) is 79.8 cm³/mol. The molecule has 0 aliphatic carbocycles. The fourth-order valence-electron chi connectivity index (χ4n) is 1.29. The minimum atomic E-state index is 0.319. The highest BCUT2D eigenvalue weighted by atomic mass is 16.5. The van der Waals surface area contributed by atoms with Crippen LogP contribution in [0.25, 0.3) is 0 Å². The van der Waals surface area contributed by atoms with Gasteiger partial charge >= 0.3 is 0 Å². The molecule has 1 aromatic rings. The lowest BCUT2D eigenvalue weighted by molar-refractivity contribution is 0.126. The number of likely N-dealkylation sites (N-methyl/N-ethyl adjacent to an activating group) is 1. The average Bonchev–Trinajstić information content (AvgIpc) is 2.41. The van der Waals surface area contributed by atoms with Gasteiger partial charge in [0.25, 0.3) is 0 Å². The Kier molecular flexibility index (Phi) is 6.91. The number of nitrogen functional groups attached to an aromatic ring is 1. The Morgan fingerprint density at radius 3 is 2.35 bits per heavy atom. The topological polar surface area (TPSA) is 104 Å². The van der Waals surface area contributed by atoms with Crippen LogP contribution in [-0.2, 0) is 4.74 Å². The predicted octanol–water partition coefficient (Wildman–Crippen LogP) is -0.787. The van der Waals surface area contributed by atoms with E-state index in [0.29, 0.717) is 37.6 Å². The van der Waals surface area contributed by atoms with Crippen molar-refractivity contribution in [3.05, 3.63) is 0 Å². The first-order valence-electron chi connectivity index (χ1n) is 6.39. The molecule has 0 saturated heterocycles. The summed E-state index contributed by atoms with van der Waals surface area (Å²) in [4.78, 5) is 16.4. The smallest absolute Gasteiger partial charge is 0.243 e. The molecule has 4 N–H and O–H groups in total. The van der Waals surface area contributed by atoms with Gasteiger partial charge in [-0.3, -0.25) is 5.43 Å². The van der Waals surface area contributed by atoms with E-state index >= 15 is 0 Å². The maximum Gasteiger partial charge on any atom is 0.243 e. The summed E-state index contributed by atoms with van der Waals surface area (Å²) in [5.74, 6) is 6.65. The number of ether oxygens (including phenoxy) is 1. The maximum absolute atomic E-state index is 5.47. The third-order valence-electron chi connectivity index (χ3n) is 2.37. The summed E-state index contributed by atoms with van der Waals surface area (Å²) in [5, 5.41) is 3.08. The molecule has 0 aliphatic rings. The van der Waals surface area contributed by atoms with Crippen molar-refractivity contribution in [2.24, 2.45) is 5.84 Å². The number of nitrogens with zero attached hydrogens (tertiary/aromatic N) is 5. The fourth-order valence-corrected chi connectivity index (χ4v) is 1.29. The van der Waals surface area contributed by atoms with Gasteiger partial charge in [-0.1, -0.05) is 0 Å². The summed E-state index contributed by atoms with van der Waals surface area (Å²) < 4.78 is 5.47. The van der Waals surface area contributed by atoms with Gasteiger partial charge in [0.1, 0.15) is 0 Å². The van der Waals surface area contributed by atoms with Gasteiger partial charge in [0, 0.05) is 27.2 Å². The zero-order chi connectivity index (χ0) is 15.0. The SMILES string of the molecule is CN(C)CCOCCNc1nc(NN)nc(N(C)C)n1. The second-order valence-corrected chi connectivity index (χ2v) is 4.66. The second kappa shape index (κ2) is 8.46. The summed E-state index contributed by atoms with van der Waals surface area (Å²) in [6.45, 7) is 2.80. The van der Waals surface area contributed by atoms with E-state index < -0.39 is 0 Å². The van der Waals surface area contributed by atoms with Crippen LogP contribution in [0.4, 0.5) is 17.8 Å². The molecular weight excluding hydrogens is 260 g/mol. The molecule has 0 radical (unpaired) electrons. The molecule has 0 bridgehead atoms. The Morgan fingerprint density at radius 1 is 1.05 bits per heavy atom. The molecule has 1 rings (SSSR count). The first-order chi connectivity index (χ1) is 9.52. The van der Waals surface area contributed by atoms with Crippen LogP contribution in [0.1, 0.15) is 0 Å². The van der Waals surface area contributed by atoms with Gasteiger partial charge in [-0.2, -0.15) is 15.0 Å². The van der Waals surface area contributed by atoms with Crippen LogP contribution in [0.3, 0.4) is 0 Å². The van der Waals surface area contributed by atoms with E-state index in [1.807, 2.05) is 28.2 Å². The highest BCUT2D eigenvalue weighted by molar-refractivity contribution is 5.42. The summed E-state index contributed by atoms with van der Waals surface area (Å²) >= 11 is 0. The standard InChI is InChI=1S/C11H24N8O/c1-18(2)6-8-20-7-5-13-9-14-10(17-12)16-11(15-9)19(3)4/h5-8,12H2,1-4H3,(H2,13,14,15,16,17). The monoisotopic (exact) mass is 284 g/mol. The van der Waals surface area contributed by atoms with Crippen molar-refractivity contribution in [1.82, 2.24) is 19.9 Å². The normalized spacial score (nSPS) is 10.7. The molecular formula is C11H24N8O. The van der Waals surface area contributed by atoms with Gasteiger partial charge in [-0.15, -0.1) is 0 Å². The van der Waals surface area contributed by atoms with Crippen molar-refractivity contribution in [2.75, 3.05) is 70.1 Å². The maximum atomic E-state index is 5.47. The number of aromatic nitrogens is 3.